The van der Waals surface area contributed by atoms with E-state index in [1.54, 1.807) is 14.2 Å². The number of hydrogen-bond donors (Lipinski definition) is 0. The molecule has 0 aromatic heterocycles. The molecule has 1 aliphatic heterocycles. The molecule has 3 atom stereocenters. The zero-order chi connectivity index (χ0) is 13.2. The smallest absolute Gasteiger partial charge is 0.220 e. The van der Waals surface area contributed by atoms with Gasteiger partial charge in [0.25, 0.3) is 0 Å². The van der Waals surface area contributed by atoms with E-state index in [2.05, 4.69) is 0 Å². The van der Waals surface area contributed by atoms with E-state index in [1.165, 1.54) is 0 Å². The second-order valence-corrected chi connectivity index (χ2v) is 4.63. The molecular weight excluding hydrogens is 232 g/mol. The fourth-order valence-electron chi connectivity index (χ4n) is 2.09. The Hall–Kier alpha value is -0.940. The highest BCUT2D eigenvalue weighted by Crippen LogP contribution is 2.40. The van der Waals surface area contributed by atoms with E-state index in [0.29, 0.717) is 6.61 Å². The Morgan fingerprint density at radius 2 is 1.67 bits per heavy atom. The molecule has 4 heteroatoms. The highest BCUT2D eigenvalue weighted by molar-refractivity contribution is 5.18. The summed E-state index contributed by atoms with van der Waals surface area (Å²) in [5, 5.41) is 0. The molecule has 1 heterocycles. The summed E-state index contributed by atoms with van der Waals surface area (Å²) in [7, 11) is 3.18. The lowest BCUT2D eigenvalue weighted by atomic mass is 10.0. The van der Waals surface area contributed by atoms with Crippen molar-refractivity contribution in [2.45, 2.75) is 31.5 Å². The Morgan fingerprint density at radius 1 is 1.06 bits per heavy atom. The summed E-state index contributed by atoms with van der Waals surface area (Å²) >= 11 is 0. The quantitative estimate of drug-likeness (QED) is 0.828. The Morgan fingerprint density at radius 3 is 2.22 bits per heavy atom. The maximum absolute atomic E-state index is 6.04. The maximum Gasteiger partial charge on any atom is 0.220 e. The Bertz CT molecular complexity index is 394. The van der Waals surface area contributed by atoms with Crippen LogP contribution in [0.2, 0.25) is 0 Å². The van der Waals surface area contributed by atoms with E-state index in [4.69, 9.17) is 18.9 Å². The average Bonchev–Trinajstić information content (AvgIpc) is 2.43. The van der Waals surface area contributed by atoms with Crippen molar-refractivity contribution in [2.75, 3.05) is 20.8 Å². The van der Waals surface area contributed by atoms with Crippen molar-refractivity contribution in [3.8, 4) is 0 Å². The monoisotopic (exact) mass is 252 g/mol. The van der Waals surface area contributed by atoms with Crippen molar-refractivity contribution in [1.29, 1.82) is 0 Å². The third kappa shape index (κ3) is 2.17. The van der Waals surface area contributed by atoms with Crippen molar-refractivity contribution >= 4 is 0 Å². The molecule has 0 saturated carbocycles. The van der Waals surface area contributed by atoms with E-state index < -0.39 is 11.6 Å². The van der Waals surface area contributed by atoms with E-state index in [0.717, 1.165) is 5.56 Å². The lowest BCUT2D eigenvalue weighted by Crippen LogP contribution is -2.60. The van der Waals surface area contributed by atoms with Crippen LogP contribution in [0.3, 0.4) is 0 Å². The summed E-state index contributed by atoms with van der Waals surface area (Å²) in [6, 6.07) is 9.96. The first kappa shape index (κ1) is 13.5. The fourth-order valence-corrected chi connectivity index (χ4v) is 2.09. The van der Waals surface area contributed by atoms with Gasteiger partial charge in [0.2, 0.25) is 11.6 Å². The second kappa shape index (κ2) is 4.97. The van der Waals surface area contributed by atoms with Crippen molar-refractivity contribution in [2.24, 2.45) is 0 Å². The SMILES string of the molecule is CO[C@@]1(C)OC[C@@H](c2ccccc2)O[C@]1(C)OC. The van der Waals surface area contributed by atoms with Crippen LogP contribution in [0.4, 0.5) is 0 Å². The third-order valence-electron chi connectivity index (χ3n) is 3.65. The molecule has 18 heavy (non-hydrogen) atoms. The Kier molecular flexibility index (Phi) is 3.73. The van der Waals surface area contributed by atoms with Gasteiger partial charge in [-0.3, -0.25) is 0 Å². The maximum atomic E-state index is 6.04. The lowest BCUT2D eigenvalue weighted by Gasteiger charge is -2.49. The standard InChI is InChI=1S/C14H20O4/c1-13(15-3)14(2,16-4)18-12(10-17-13)11-8-6-5-7-9-11/h5-9,12H,10H2,1-4H3/t12-,13-,14-/m0/s1. The van der Waals surface area contributed by atoms with Crippen LogP contribution in [0.1, 0.15) is 25.5 Å². The van der Waals surface area contributed by atoms with E-state index in [9.17, 15) is 0 Å². The first-order valence-electron chi connectivity index (χ1n) is 6.01. The van der Waals surface area contributed by atoms with Crippen molar-refractivity contribution < 1.29 is 18.9 Å². The minimum Gasteiger partial charge on any atom is -0.349 e. The molecule has 0 bridgehead atoms. The molecule has 1 aromatic rings. The molecule has 2 rings (SSSR count). The van der Waals surface area contributed by atoms with Crippen LogP contribution in [-0.2, 0) is 18.9 Å². The summed E-state index contributed by atoms with van der Waals surface area (Å²) in [5.41, 5.74) is 1.07. The number of hydrogen-bond acceptors (Lipinski definition) is 4. The Balaban J connectivity index is 2.22. The molecule has 1 aromatic carbocycles. The minimum atomic E-state index is -0.944. The van der Waals surface area contributed by atoms with Crippen LogP contribution in [0.15, 0.2) is 30.3 Å². The van der Waals surface area contributed by atoms with Crippen molar-refractivity contribution in [1.82, 2.24) is 0 Å². The van der Waals surface area contributed by atoms with Crippen molar-refractivity contribution in [3.05, 3.63) is 35.9 Å². The topological polar surface area (TPSA) is 36.9 Å². The summed E-state index contributed by atoms with van der Waals surface area (Å²) in [4.78, 5) is 0. The lowest BCUT2D eigenvalue weighted by molar-refractivity contribution is -0.433. The van der Waals surface area contributed by atoms with Gasteiger partial charge in [-0.2, -0.15) is 0 Å². The summed E-state index contributed by atoms with van der Waals surface area (Å²) in [6.07, 6.45) is -0.153. The highest BCUT2D eigenvalue weighted by Gasteiger charge is 2.53. The van der Waals surface area contributed by atoms with Gasteiger partial charge in [0.15, 0.2) is 0 Å². The molecule has 4 nitrogen and oxygen atoms in total. The minimum absolute atomic E-state index is 0.153. The molecule has 0 aliphatic carbocycles. The molecule has 1 saturated heterocycles. The fraction of sp³-hybridized carbons (Fsp3) is 0.571. The third-order valence-corrected chi connectivity index (χ3v) is 3.65. The number of methoxy groups -OCH3 is 2. The van der Waals surface area contributed by atoms with Crippen LogP contribution >= 0.6 is 0 Å². The molecule has 100 valence electrons. The first-order chi connectivity index (χ1) is 8.54. The molecule has 1 aliphatic rings. The van der Waals surface area contributed by atoms with Crippen LogP contribution in [0.5, 0.6) is 0 Å². The van der Waals surface area contributed by atoms with Crippen LogP contribution < -0.4 is 0 Å². The molecule has 0 unspecified atom stereocenters. The van der Waals surface area contributed by atoms with Gasteiger partial charge >= 0.3 is 0 Å². The van der Waals surface area contributed by atoms with Crippen LogP contribution in [0.25, 0.3) is 0 Å². The van der Waals surface area contributed by atoms with E-state index >= 15 is 0 Å². The van der Waals surface area contributed by atoms with Gasteiger partial charge in [0.1, 0.15) is 6.10 Å². The summed E-state index contributed by atoms with van der Waals surface area (Å²) in [5.74, 6) is -1.85. The first-order valence-corrected chi connectivity index (χ1v) is 6.01. The molecular formula is C14H20O4. The normalized spacial score (nSPS) is 36.6. The number of ether oxygens (including phenoxy) is 4. The zero-order valence-electron chi connectivity index (χ0n) is 11.3. The second-order valence-electron chi connectivity index (χ2n) is 4.63. The van der Waals surface area contributed by atoms with Gasteiger partial charge in [0.05, 0.1) is 6.61 Å². The molecule has 1 fully saturated rings. The number of rotatable bonds is 3. The molecule has 0 N–H and O–H groups in total. The average molecular weight is 252 g/mol. The largest absolute Gasteiger partial charge is 0.349 e. The summed E-state index contributed by atoms with van der Waals surface area (Å²) < 4.78 is 22.7. The predicted octanol–water partition coefficient (Wildman–Crippen LogP) is 2.50. The Labute approximate surface area is 108 Å². The number of benzene rings is 1. The molecule has 0 amide bonds. The molecule has 0 radical (unpaired) electrons. The van der Waals surface area contributed by atoms with Gasteiger partial charge in [-0.15, -0.1) is 0 Å². The van der Waals surface area contributed by atoms with Gasteiger partial charge in [0, 0.05) is 14.2 Å². The van der Waals surface area contributed by atoms with Gasteiger partial charge in [-0.05, 0) is 19.4 Å². The molecule has 0 spiro atoms. The summed E-state index contributed by atoms with van der Waals surface area (Å²) in [6.45, 7) is 4.08. The van der Waals surface area contributed by atoms with E-state index in [1.807, 2.05) is 44.2 Å². The zero-order valence-corrected chi connectivity index (χ0v) is 11.3. The predicted molar refractivity (Wildman–Crippen MR) is 67.0 cm³/mol. The van der Waals surface area contributed by atoms with Gasteiger partial charge in [-0.25, -0.2) is 0 Å². The van der Waals surface area contributed by atoms with Gasteiger partial charge < -0.3 is 18.9 Å². The van der Waals surface area contributed by atoms with Gasteiger partial charge in [-0.1, -0.05) is 30.3 Å². The van der Waals surface area contributed by atoms with Crippen LogP contribution in [-0.4, -0.2) is 32.4 Å². The van der Waals surface area contributed by atoms with E-state index in [-0.39, 0.29) is 6.10 Å². The van der Waals surface area contributed by atoms with Crippen LogP contribution in [0, 0.1) is 0 Å². The van der Waals surface area contributed by atoms with Crippen molar-refractivity contribution in [3.63, 3.8) is 0 Å². The highest BCUT2D eigenvalue weighted by atomic mass is 16.8.